The number of carbonyl (C=O) groups excluding carboxylic acids is 2. The summed E-state index contributed by atoms with van der Waals surface area (Å²) >= 11 is 0. The third-order valence-corrected chi connectivity index (χ3v) is 3.56. The number of hydrogen-bond acceptors (Lipinski definition) is 4. The third kappa shape index (κ3) is 7.31. The minimum atomic E-state index is -0.311. The number of anilines is 2. The maximum atomic E-state index is 12.3. The Labute approximate surface area is 166 Å². The Morgan fingerprint density at radius 1 is 1.00 bits per heavy atom. The van der Waals surface area contributed by atoms with E-state index in [2.05, 4.69) is 16.0 Å². The molecule has 150 valence electrons. The van der Waals surface area contributed by atoms with E-state index < -0.39 is 0 Å². The summed E-state index contributed by atoms with van der Waals surface area (Å²) in [5, 5.41) is 8.80. The Balaban J connectivity index is 1.92. The van der Waals surface area contributed by atoms with Gasteiger partial charge in [-0.3, -0.25) is 9.59 Å². The predicted molar refractivity (Wildman–Crippen MR) is 113 cm³/mol. The van der Waals surface area contributed by atoms with Gasteiger partial charge >= 0.3 is 0 Å². The van der Waals surface area contributed by atoms with Crippen LogP contribution in [0.1, 0.15) is 45.0 Å². The van der Waals surface area contributed by atoms with Crippen molar-refractivity contribution in [1.82, 2.24) is 5.32 Å². The van der Waals surface area contributed by atoms with Crippen molar-refractivity contribution in [3.8, 4) is 5.75 Å². The van der Waals surface area contributed by atoms with E-state index in [0.29, 0.717) is 22.7 Å². The molecule has 2 rings (SSSR count). The first-order valence-electron chi connectivity index (χ1n) is 9.35. The van der Waals surface area contributed by atoms with Crippen LogP contribution in [0.3, 0.4) is 0 Å². The van der Waals surface area contributed by atoms with Crippen molar-refractivity contribution in [3.63, 3.8) is 0 Å². The molecule has 6 heteroatoms. The summed E-state index contributed by atoms with van der Waals surface area (Å²) < 4.78 is 5.63. The number of hydrogen-bond donors (Lipinski definition) is 3. The number of ether oxygens (including phenoxy) is 1. The second-order valence-corrected chi connectivity index (χ2v) is 7.88. The van der Waals surface area contributed by atoms with E-state index in [-0.39, 0.29) is 30.0 Å². The molecule has 0 saturated heterocycles. The van der Waals surface area contributed by atoms with Gasteiger partial charge in [0.15, 0.2) is 0 Å². The molecule has 0 unspecified atom stereocenters. The smallest absolute Gasteiger partial charge is 0.251 e. The van der Waals surface area contributed by atoms with Gasteiger partial charge in [0.05, 0.1) is 12.6 Å². The van der Waals surface area contributed by atoms with Crippen LogP contribution in [0.5, 0.6) is 5.75 Å². The van der Waals surface area contributed by atoms with Crippen molar-refractivity contribution in [2.75, 3.05) is 17.2 Å². The second kappa shape index (κ2) is 9.26. The van der Waals surface area contributed by atoms with Crippen LogP contribution >= 0.6 is 0 Å². The summed E-state index contributed by atoms with van der Waals surface area (Å²) in [7, 11) is 0. The minimum Gasteiger partial charge on any atom is -0.491 e. The molecule has 3 N–H and O–H groups in total. The van der Waals surface area contributed by atoms with Gasteiger partial charge in [-0.1, -0.05) is 12.1 Å². The van der Waals surface area contributed by atoms with Crippen LogP contribution in [0.25, 0.3) is 0 Å². The number of benzene rings is 2. The average Bonchev–Trinajstić information content (AvgIpc) is 2.58. The summed E-state index contributed by atoms with van der Waals surface area (Å²) in [6, 6.07) is 14.3. The van der Waals surface area contributed by atoms with Gasteiger partial charge in [0.25, 0.3) is 5.91 Å². The van der Waals surface area contributed by atoms with Gasteiger partial charge in [0, 0.05) is 28.5 Å². The van der Waals surface area contributed by atoms with E-state index in [9.17, 15) is 9.59 Å². The average molecular weight is 383 g/mol. The summed E-state index contributed by atoms with van der Waals surface area (Å²) in [6.07, 6.45) is 0.0652. The lowest BCUT2D eigenvalue weighted by molar-refractivity contribution is -0.114. The van der Waals surface area contributed by atoms with Crippen LogP contribution in [-0.2, 0) is 4.79 Å². The van der Waals surface area contributed by atoms with E-state index in [1.807, 2.05) is 58.9 Å². The van der Waals surface area contributed by atoms with Gasteiger partial charge in [-0.2, -0.15) is 0 Å². The predicted octanol–water partition coefficient (Wildman–Crippen LogP) is 4.05. The zero-order chi connectivity index (χ0) is 20.7. The second-order valence-electron chi connectivity index (χ2n) is 7.88. The first-order valence-corrected chi connectivity index (χ1v) is 9.35. The van der Waals surface area contributed by atoms with Crippen molar-refractivity contribution in [3.05, 3.63) is 54.1 Å². The highest BCUT2D eigenvalue weighted by molar-refractivity contribution is 5.96. The first-order chi connectivity index (χ1) is 13.1. The van der Waals surface area contributed by atoms with Crippen LogP contribution in [-0.4, -0.2) is 30.0 Å². The van der Waals surface area contributed by atoms with E-state index in [4.69, 9.17) is 4.74 Å². The van der Waals surface area contributed by atoms with Crippen LogP contribution in [0, 0.1) is 0 Å². The van der Waals surface area contributed by atoms with Crippen molar-refractivity contribution < 1.29 is 14.3 Å². The highest BCUT2D eigenvalue weighted by atomic mass is 16.5. The lowest BCUT2D eigenvalue weighted by Crippen LogP contribution is -2.40. The molecule has 0 saturated carbocycles. The maximum absolute atomic E-state index is 12.3. The van der Waals surface area contributed by atoms with Crippen molar-refractivity contribution >= 4 is 23.2 Å². The van der Waals surface area contributed by atoms with E-state index in [1.165, 1.54) is 0 Å². The molecule has 2 amide bonds. The molecule has 0 spiro atoms. The Morgan fingerprint density at radius 3 is 2.36 bits per heavy atom. The fraction of sp³-hybridized carbons (Fsp3) is 0.364. The molecule has 0 fully saturated rings. The highest BCUT2D eigenvalue weighted by Gasteiger charge is 2.15. The Hall–Kier alpha value is -3.02. The van der Waals surface area contributed by atoms with Gasteiger partial charge < -0.3 is 20.7 Å². The van der Waals surface area contributed by atoms with E-state index >= 15 is 0 Å². The Kier molecular flexibility index (Phi) is 7.04. The summed E-state index contributed by atoms with van der Waals surface area (Å²) in [4.78, 5) is 24.5. The molecular formula is C22H29N3O3. The van der Waals surface area contributed by atoms with Crippen LogP contribution in [0.2, 0.25) is 0 Å². The van der Waals surface area contributed by atoms with Crippen LogP contribution in [0.4, 0.5) is 11.4 Å². The summed E-state index contributed by atoms with van der Waals surface area (Å²) in [5.41, 5.74) is 1.60. The molecule has 0 aromatic heterocycles. The van der Waals surface area contributed by atoms with Gasteiger partial charge in [-0.15, -0.1) is 0 Å². The monoisotopic (exact) mass is 383 g/mol. The zero-order valence-electron chi connectivity index (χ0n) is 17.1. The van der Waals surface area contributed by atoms with Crippen LogP contribution < -0.4 is 20.7 Å². The van der Waals surface area contributed by atoms with E-state index in [1.54, 1.807) is 24.3 Å². The fourth-order valence-electron chi connectivity index (χ4n) is 2.49. The molecular weight excluding hydrogens is 354 g/mol. The Morgan fingerprint density at radius 2 is 1.68 bits per heavy atom. The topological polar surface area (TPSA) is 79.5 Å². The Bertz CT molecular complexity index is 826. The van der Waals surface area contributed by atoms with Crippen molar-refractivity contribution in [2.24, 2.45) is 0 Å². The molecule has 0 radical (unpaired) electrons. The molecule has 6 nitrogen and oxygen atoms in total. The molecule has 28 heavy (non-hydrogen) atoms. The standard InChI is InChI=1S/C22H29N3O3/c1-15(2)28-19-11-7-10-18(13-19)24-20(26)14-23-17-9-6-8-16(12-17)21(27)25-22(3,4)5/h6-13,15,23H,14H2,1-5H3,(H,24,26)(H,25,27). The fourth-order valence-corrected chi connectivity index (χ4v) is 2.49. The molecule has 2 aromatic rings. The van der Waals surface area contributed by atoms with Crippen molar-refractivity contribution in [1.29, 1.82) is 0 Å². The molecule has 0 bridgehead atoms. The number of nitrogens with one attached hydrogen (secondary N) is 3. The summed E-state index contributed by atoms with van der Waals surface area (Å²) in [5.74, 6) is 0.368. The molecule has 0 aliphatic carbocycles. The lowest BCUT2D eigenvalue weighted by Gasteiger charge is -2.20. The molecule has 0 aliphatic rings. The zero-order valence-corrected chi connectivity index (χ0v) is 17.1. The SMILES string of the molecule is CC(C)Oc1cccc(NC(=O)CNc2cccc(C(=O)NC(C)(C)C)c2)c1. The van der Waals surface area contributed by atoms with Gasteiger partial charge in [-0.25, -0.2) is 0 Å². The molecule has 0 atom stereocenters. The molecule has 0 heterocycles. The quantitative estimate of drug-likeness (QED) is 0.674. The third-order valence-electron chi connectivity index (χ3n) is 3.56. The highest BCUT2D eigenvalue weighted by Crippen LogP contribution is 2.18. The number of carbonyl (C=O) groups is 2. The number of rotatable bonds is 7. The minimum absolute atomic E-state index is 0.0652. The van der Waals surface area contributed by atoms with E-state index in [0.717, 1.165) is 0 Å². The first kappa shape index (κ1) is 21.3. The molecule has 2 aromatic carbocycles. The van der Waals surface area contributed by atoms with Crippen molar-refractivity contribution in [2.45, 2.75) is 46.3 Å². The number of amides is 2. The van der Waals surface area contributed by atoms with Gasteiger partial charge in [-0.05, 0) is 65.0 Å². The summed E-state index contributed by atoms with van der Waals surface area (Å²) in [6.45, 7) is 9.77. The van der Waals surface area contributed by atoms with Gasteiger partial charge in [0.1, 0.15) is 5.75 Å². The van der Waals surface area contributed by atoms with Gasteiger partial charge in [0.2, 0.25) is 5.91 Å². The lowest BCUT2D eigenvalue weighted by atomic mass is 10.1. The largest absolute Gasteiger partial charge is 0.491 e. The normalized spacial score (nSPS) is 11.1. The maximum Gasteiger partial charge on any atom is 0.251 e. The molecule has 0 aliphatic heterocycles. The van der Waals surface area contributed by atoms with Crippen LogP contribution in [0.15, 0.2) is 48.5 Å².